The van der Waals surface area contributed by atoms with Crippen LogP contribution in [0.1, 0.15) is 41.5 Å². The third-order valence-corrected chi connectivity index (χ3v) is 5.71. The minimum absolute atomic E-state index is 0.0646. The fraction of sp³-hybridized carbons (Fsp3) is 0.409. The maximum Gasteiger partial charge on any atom is 0.255 e. The first-order chi connectivity index (χ1) is 13.7. The van der Waals surface area contributed by atoms with E-state index in [2.05, 4.69) is 21.8 Å². The molecule has 0 saturated carbocycles. The zero-order valence-corrected chi connectivity index (χ0v) is 16.6. The average molecular weight is 377 g/mol. The van der Waals surface area contributed by atoms with Gasteiger partial charge in [-0.25, -0.2) is 4.98 Å². The molecule has 1 unspecified atom stereocenters. The number of likely N-dealkylation sites (N-methyl/N-ethyl adjacent to an activating group) is 1. The molecule has 4 rings (SSSR count). The second-order valence-corrected chi connectivity index (χ2v) is 7.48. The summed E-state index contributed by atoms with van der Waals surface area (Å²) in [6.07, 6.45) is 9.66. The molecule has 1 aliphatic rings. The fourth-order valence-electron chi connectivity index (χ4n) is 4.13. The van der Waals surface area contributed by atoms with Crippen molar-refractivity contribution in [1.29, 1.82) is 0 Å². The predicted molar refractivity (Wildman–Crippen MR) is 109 cm³/mol. The monoisotopic (exact) mass is 377 g/mol. The normalized spacial score (nSPS) is 17.3. The van der Waals surface area contributed by atoms with Gasteiger partial charge in [-0.1, -0.05) is 6.92 Å². The van der Waals surface area contributed by atoms with E-state index in [0.717, 1.165) is 43.0 Å². The Bertz CT molecular complexity index is 952. The number of amides is 1. The molecule has 0 aliphatic carbocycles. The zero-order chi connectivity index (χ0) is 19.5. The summed E-state index contributed by atoms with van der Waals surface area (Å²) in [5.41, 5.74) is 2.80. The van der Waals surface area contributed by atoms with Gasteiger partial charge >= 0.3 is 0 Å². The van der Waals surface area contributed by atoms with Gasteiger partial charge in [-0.2, -0.15) is 0 Å². The van der Waals surface area contributed by atoms with Crippen molar-refractivity contribution in [1.82, 2.24) is 24.2 Å². The number of aromatic nitrogens is 3. The summed E-state index contributed by atoms with van der Waals surface area (Å²) in [7, 11) is 0. The van der Waals surface area contributed by atoms with Gasteiger partial charge in [0.25, 0.3) is 5.91 Å². The summed E-state index contributed by atoms with van der Waals surface area (Å²) in [5.74, 6) is 0.952. The number of carbonyl (C=O) groups is 1. The highest BCUT2D eigenvalue weighted by molar-refractivity contribution is 5.94. The van der Waals surface area contributed by atoms with Crippen LogP contribution >= 0.6 is 0 Å². The SMILES string of the molecule is CCN1CCCC1CN(Cc1ccncc1)C(=O)c1ccc2cnc(C)n2c1. The predicted octanol–water partition coefficient (Wildman–Crippen LogP) is 3.16. The minimum Gasteiger partial charge on any atom is -0.333 e. The molecule has 1 saturated heterocycles. The van der Waals surface area contributed by atoms with E-state index < -0.39 is 0 Å². The van der Waals surface area contributed by atoms with Crippen LogP contribution in [0.5, 0.6) is 0 Å². The molecule has 0 spiro atoms. The first-order valence-electron chi connectivity index (χ1n) is 10.0. The van der Waals surface area contributed by atoms with Gasteiger partial charge in [0, 0.05) is 37.7 Å². The Morgan fingerprint density at radius 1 is 1.25 bits per heavy atom. The summed E-state index contributed by atoms with van der Waals surface area (Å²) < 4.78 is 1.98. The summed E-state index contributed by atoms with van der Waals surface area (Å²) >= 11 is 0. The lowest BCUT2D eigenvalue weighted by Crippen LogP contribution is -2.42. The van der Waals surface area contributed by atoms with E-state index in [0.29, 0.717) is 18.2 Å². The van der Waals surface area contributed by atoms with E-state index in [1.807, 2.05) is 52.9 Å². The third-order valence-electron chi connectivity index (χ3n) is 5.71. The maximum atomic E-state index is 13.5. The fourth-order valence-corrected chi connectivity index (χ4v) is 4.13. The summed E-state index contributed by atoms with van der Waals surface area (Å²) in [4.78, 5) is 26.4. The van der Waals surface area contributed by atoms with Crippen LogP contribution in [0.4, 0.5) is 0 Å². The number of hydrogen-bond donors (Lipinski definition) is 0. The number of hydrogen-bond acceptors (Lipinski definition) is 4. The summed E-state index contributed by atoms with van der Waals surface area (Å²) in [6, 6.07) is 8.26. The van der Waals surface area contributed by atoms with Crippen molar-refractivity contribution in [2.45, 2.75) is 39.3 Å². The molecule has 28 heavy (non-hydrogen) atoms. The van der Waals surface area contributed by atoms with Gasteiger partial charge in [0.1, 0.15) is 5.82 Å². The van der Waals surface area contributed by atoms with Crippen molar-refractivity contribution in [2.75, 3.05) is 19.6 Å². The van der Waals surface area contributed by atoms with Gasteiger partial charge in [0.15, 0.2) is 0 Å². The molecule has 0 bridgehead atoms. The van der Waals surface area contributed by atoms with Gasteiger partial charge in [0.2, 0.25) is 0 Å². The molecule has 146 valence electrons. The van der Waals surface area contributed by atoms with Crippen molar-refractivity contribution in [3.8, 4) is 0 Å². The number of carbonyl (C=O) groups excluding carboxylic acids is 1. The lowest BCUT2D eigenvalue weighted by Gasteiger charge is -2.30. The molecule has 0 N–H and O–H groups in total. The Balaban J connectivity index is 1.62. The Kier molecular flexibility index (Phi) is 5.39. The first-order valence-corrected chi connectivity index (χ1v) is 10.0. The van der Waals surface area contributed by atoms with E-state index in [1.165, 1.54) is 6.42 Å². The Labute approximate surface area is 165 Å². The van der Waals surface area contributed by atoms with Crippen molar-refractivity contribution in [3.63, 3.8) is 0 Å². The number of likely N-dealkylation sites (tertiary alicyclic amines) is 1. The average Bonchev–Trinajstić information content (AvgIpc) is 3.33. The molecule has 0 aromatic carbocycles. The van der Waals surface area contributed by atoms with Gasteiger partial charge in [-0.3, -0.25) is 14.7 Å². The van der Waals surface area contributed by atoms with Crippen LogP contribution in [0.2, 0.25) is 0 Å². The van der Waals surface area contributed by atoms with Crippen LogP contribution in [0.15, 0.2) is 49.1 Å². The lowest BCUT2D eigenvalue weighted by molar-refractivity contribution is 0.0691. The van der Waals surface area contributed by atoms with Gasteiger partial charge in [-0.15, -0.1) is 0 Å². The zero-order valence-electron chi connectivity index (χ0n) is 16.6. The van der Waals surface area contributed by atoms with Crippen LogP contribution in [-0.4, -0.2) is 55.8 Å². The molecule has 4 heterocycles. The molecule has 1 atom stereocenters. The largest absolute Gasteiger partial charge is 0.333 e. The number of fused-ring (bicyclic) bond motifs is 1. The van der Waals surface area contributed by atoms with Gasteiger partial charge in [-0.05, 0) is 62.7 Å². The maximum absolute atomic E-state index is 13.5. The van der Waals surface area contributed by atoms with Crippen molar-refractivity contribution >= 4 is 11.4 Å². The summed E-state index contributed by atoms with van der Waals surface area (Å²) in [5, 5.41) is 0. The van der Waals surface area contributed by atoms with Crippen molar-refractivity contribution < 1.29 is 4.79 Å². The molecule has 0 radical (unpaired) electrons. The van der Waals surface area contributed by atoms with Gasteiger partial charge in [0.05, 0.1) is 17.3 Å². The lowest BCUT2D eigenvalue weighted by atomic mass is 10.1. The molecule has 6 heteroatoms. The quantitative estimate of drug-likeness (QED) is 0.662. The number of imidazole rings is 1. The van der Waals surface area contributed by atoms with Crippen LogP contribution in [0, 0.1) is 6.92 Å². The van der Waals surface area contributed by atoms with E-state index in [4.69, 9.17) is 0 Å². The van der Waals surface area contributed by atoms with E-state index >= 15 is 0 Å². The first kappa shape index (κ1) is 18.6. The smallest absolute Gasteiger partial charge is 0.255 e. The number of nitrogens with zero attached hydrogens (tertiary/aromatic N) is 5. The molecule has 1 aliphatic heterocycles. The van der Waals surface area contributed by atoms with Crippen LogP contribution in [-0.2, 0) is 6.54 Å². The Hall–Kier alpha value is -2.73. The van der Waals surface area contributed by atoms with Crippen LogP contribution in [0.25, 0.3) is 5.52 Å². The number of rotatable bonds is 6. The summed E-state index contributed by atoms with van der Waals surface area (Å²) in [6.45, 7) is 7.64. The molecule has 6 nitrogen and oxygen atoms in total. The highest BCUT2D eigenvalue weighted by Crippen LogP contribution is 2.20. The highest BCUT2D eigenvalue weighted by atomic mass is 16.2. The molecule has 1 amide bonds. The molecular formula is C22H27N5O. The van der Waals surface area contributed by atoms with E-state index in [-0.39, 0.29) is 5.91 Å². The highest BCUT2D eigenvalue weighted by Gasteiger charge is 2.28. The molecule has 3 aromatic rings. The number of aryl methyl sites for hydroxylation is 1. The second kappa shape index (κ2) is 8.10. The number of pyridine rings is 2. The molecule has 3 aromatic heterocycles. The molecule has 1 fully saturated rings. The topological polar surface area (TPSA) is 53.7 Å². The van der Waals surface area contributed by atoms with Gasteiger partial charge < -0.3 is 9.30 Å². The van der Waals surface area contributed by atoms with E-state index in [9.17, 15) is 4.79 Å². The van der Waals surface area contributed by atoms with Crippen LogP contribution < -0.4 is 0 Å². The second-order valence-electron chi connectivity index (χ2n) is 7.48. The van der Waals surface area contributed by atoms with Crippen molar-refractivity contribution in [2.24, 2.45) is 0 Å². The Morgan fingerprint density at radius 3 is 2.86 bits per heavy atom. The van der Waals surface area contributed by atoms with Crippen molar-refractivity contribution in [3.05, 3.63) is 66.0 Å². The van der Waals surface area contributed by atoms with Crippen LogP contribution in [0.3, 0.4) is 0 Å². The minimum atomic E-state index is 0.0646. The Morgan fingerprint density at radius 2 is 2.07 bits per heavy atom. The van der Waals surface area contributed by atoms with E-state index in [1.54, 1.807) is 12.4 Å². The third kappa shape index (κ3) is 3.78. The standard InChI is InChI=1S/C22H27N5O/c1-3-25-12-4-5-21(25)16-26(14-18-8-10-23-11-9-18)22(28)19-6-7-20-13-24-17(2)27(20)15-19/h6-11,13,15,21H,3-5,12,14,16H2,1-2H3. The molecular weight excluding hydrogens is 350 g/mol.